The Bertz CT molecular complexity index is 330. The summed E-state index contributed by atoms with van der Waals surface area (Å²) in [6, 6.07) is 2.60. The first-order chi connectivity index (χ1) is 6.60. The quantitative estimate of drug-likeness (QED) is 0.763. The Hall–Kier alpha value is -0.780. The van der Waals surface area contributed by atoms with Crippen LogP contribution in [-0.4, -0.2) is 23.9 Å². The van der Waals surface area contributed by atoms with E-state index in [1.807, 2.05) is 0 Å². The highest BCUT2D eigenvalue weighted by molar-refractivity contribution is 9.10. The van der Waals surface area contributed by atoms with Crippen molar-refractivity contribution < 1.29 is 14.9 Å². The molecule has 0 saturated carbocycles. The number of methoxy groups -OCH3 is 1. The van der Waals surface area contributed by atoms with Gasteiger partial charge in [0.05, 0.1) is 19.8 Å². The molecule has 0 radical (unpaired) electrons. The number of halogens is 1. The summed E-state index contributed by atoms with van der Waals surface area (Å²) < 4.78 is 5.58. The number of rotatable bonds is 3. The molecule has 0 aliphatic heterocycles. The van der Waals surface area contributed by atoms with Gasteiger partial charge in [-0.15, -0.1) is 0 Å². The van der Waals surface area contributed by atoms with Crippen LogP contribution in [-0.2, 0) is 0 Å². The van der Waals surface area contributed by atoms with Crippen LogP contribution >= 0.6 is 15.9 Å². The molecule has 5 heteroatoms. The summed E-state index contributed by atoms with van der Waals surface area (Å²) in [5.74, 6) is 0.375. The number of aliphatic hydroxyl groups is 1. The Labute approximate surface area is 90.4 Å². The maximum absolute atomic E-state index is 9.41. The number of phenolic OH excluding ortho intramolecular Hbond substituents is 1. The number of aromatic hydroxyl groups is 1. The SMILES string of the molecule is COc1cc([C@H](N)CO)c(Br)cc1O. The number of hydrogen-bond donors (Lipinski definition) is 3. The van der Waals surface area contributed by atoms with Gasteiger partial charge >= 0.3 is 0 Å². The van der Waals surface area contributed by atoms with Gasteiger partial charge in [0.2, 0.25) is 0 Å². The molecule has 0 spiro atoms. The van der Waals surface area contributed by atoms with Gasteiger partial charge in [-0.2, -0.15) is 0 Å². The van der Waals surface area contributed by atoms with Crippen LogP contribution in [0.25, 0.3) is 0 Å². The van der Waals surface area contributed by atoms with Gasteiger partial charge in [0.1, 0.15) is 0 Å². The van der Waals surface area contributed by atoms with Gasteiger partial charge < -0.3 is 20.7 Å². The van der Waals surface area contributed by atoms with E-state index >= 15 is 0 Å². The van der Waals surface area contributed by atoms with Crippen molar-refractivity contribution in [2.24, 2.45) is 5.73 Å². The minimum absolute atomic E-state index is 0.0354. The summed E-state index contributed by atoms with van der Waals surface area (Å²) >= 11 is 3.25. The van der Waals surface area contributed by atoms with E-state index in [2.05, 4.69) is 15.9 Å². The molecule has 0 unspecified atom stereocenters. The summed E-state index contributed by atoms with van der Waals surface area (Å²) in [6.07, 6.45) is 0. The predicted molar refractivity (Wildman–Crippen MR) is 56.4 cm³/mol. The second-order valence-electron chi connectivity index (χ2n) is 2.83. The lowest BCUT2D eigenvalue weighted by molar-refractivity contribution is 0.267. The zero-order valence-corrected chi connectivity index (χ0v) is 9.28. The number of aliphatic hydroxyl groups excluding tert-OH is 1. The second-order valence-corrected chi connectivity index (χ2v) is 3.69. The van der Waals surface area contributed by atoms with E-state index < -0.39 is 6.04 Å². The fraction of sp³-hybridized carbons (Fsp3) is 0.333. The summed E-state index contributed by atoms with van der Waals surface area (Å²) in [7, 11) is 1.46. The molecule has 1 aromatic rings. The first kappa shape index (κ1) is 11.3. The topological polar surface area (TPSA) is 75.7 Å². The summed E-state index contributed by atoms with van der Waals surface area (Å²) in [5, 5.41) is 18.3. The predicted octanol–water partition coefficient (Wildman–Crippen LogP) is 1.16. The zero-order chi connectivity index (χ0) is 10.7. The van der Waals surface area contributed by atoms with Crippen LogP contribution in [0.15, 0.2) is 16.6 Å². The lowest BCUT2D eigenvalue weighted by atomic mass is 10.1. The monoisotopic (exact) mass is 261 g/mol. The summed E-state index contributed by atoms with van der Waals surface area (Å²) in [5.41, 5.74) is 6.35. The normalized spacial score (nSPS) is 12.6. The Balaban J connectivity index is 3.17. The van der Waals surface area contributed by atoms with Gasteiger partial charge in [-0.3, -0.25) is 0 Å². The van der Waals surface area contributed by atoms with Crippen LogP contribution in [0.5, 0.6) is 11.5 Å². The Morgan fingerprint density at radius 2 is 2.21 bits per heavy atom. The van der Waals surface area contributed by atoms with Gasteiger partial charge in [0.25, 0.3) is 0 Å². The van der Waals surface area contributed by atoms with Crippen molar-refractivity contribution in [3.8, 4) is 11.5 Å². The van der Waals surface area contributed by atoms with Crippen molar-refractivity contribution in [1.82, 2.24) is 0 Å². The average Bonchev–Trinajstić information content (AvgIpc) is 2.17. The number of benzene rings is 1. The molecular formula is C9H12BrNO3. The third-order valence-electron chi connectivity index (χ3n) is 1.89. The third-order valence-corrected chi connectivity index (χ3v) is 2.58. The van der Waals surface area contributed by atoms with E-state index in [0.29, 0.717) is 15.8 Å². The molecule has 4 N–H and O–H groups in total. The van der Waals surface area contributed by atoms with Crippen molar-refractivity contribution in [2.75, 3.05) is 13.7 Å². The Morgan fingerprint density at radius 3 is 2.71 bits per heavy atom. The van der Waals surface area contributed by atoms with Crippen molar-refractivity contribution in [1.29, 1.82) is 0 Å². The summed E-state index contributed by atoms with van der Waals surface area (Å²) in [4.78, 5) is 0. The number of nitrogens with two attached hydrogens (primary N) is 1. The molecule has 4 nitrogen and oxygen atoms in total. The smallest absolute Gasteiger partial charge is 0.160 e. The third kappa shape index (κ3) is 2.17. The van der Waals surface area contributed by atoms with E-state index in [0.717, 1.165) is 0 Å². The number of hydrogen-bond acceptors (Lipinski definition) is 4. The Morgan fingerprint density at radius 1 is 1.57 bits per heavy atom. The molecule has 1 aromatic carbocycles. The molecule has 0 fully saturated rings. The molecule has 0 aliphatic rings. The summed E-state index contributed by atoms with van der Waals surface area (Å²) in [6.45, 7) is -0.160. The molecule has 14 heavy (non-hydrogen) atoms. The highest BCUT2D eigenvalue weighted by Crippen LogP contribution is 2.34. The lowest BCUT2D eigenvalue weighted by Crippen LogP contribution is -2.15. The van der Waals surface area contributed by atoms with Crippen LogP contribution in [0.3, 0.4) is 0 Å². The lowest BCUT2D eigenvalue weighted by Gasteiger charge is -2.13. The molecule has 0 aliphatic carbocycles. The molecule has 0 saturated heterocycles. The van der Waals surface area contributed by atoms with E-state index in [9.17, 15) is 5.11 Å². The molecule has 1 atom stereocenters. The minimum atomic E-state index is -0.487. The fourth-order valence-electron chi connectivity index (χ4n) is 1.10. The van der Waals surface area contributed by atoms with E-state index in [4.69, 9.17) is 15.6 Å². The van der Waals surface area contributed by atoms with Crippen molar-refractivity contribution in [2.45, 2.75) is 6.04 Å². The van der Waals surface area contributed by atoms with Gasteiger partial charge in [-0.25, -0.2) is 0 Å². The van der Waals surface area contributed by atoms with Crippen LogP contribution in [0, 0.1) is 0 Å². The molecular weight excluding hydrogens is 250 g/mol. The van der Waals surface area contributed by atoms with Crippen LogP contribution in [0.1, 0.15) is 11.6 Å². The van der Waals surface area contributed by atoms with E-state index in [-0.39, 0.29) is 12.4 Å². The van der Waals surface area contributed by atoms with Crippen molar-refractivity contribution >= 4 is 15.9 Å². The van der Waals surface area contributed by atoms with Crippen LogP contribution in [0.4, 0.5) is 0 Å². The fourth-order valence-corrected chi connectivity index (χ4v) is 1.73. The van der Waals surface area contributed by atoms with Crippen molar-refractivity contribution in [3.05, 3.63) is 22.2 Å². The van der Waals surface area contributed by atoms with Crippen LogP contribution in [0.2, 0.25) is 0 Å². The first-order valence-electron chi connectivity index (χ1n) is 4.03. The number of phenols is 1. The maximum Gasteiger partial charge on any atom is 0.160 e. The molecule has 0 amide bonds. The van der Waals surface area contributed by atoms with E-state index in [1.165, 1.54) is 13.2 Å². The molecule has 1 rings (SSSR count). The Kier molecular flexibility index (Phi) is 3.74. The average molecular weight is 262 g/mol. The van der Waals surface area contributed by atoms with Crippen molar-refractivity contribution in [3.63, 3.8) is 0 Å². The largest absolute Gasteiger partial charge is 0.504 e. The standard InChI is InChI=1S/C9H12BrNO3/c1-14-9-2-5(7(11)4-12)6(10)3-8(9)13/h2-3,7,12-13H,4,11H2,1H3/t7-/m1/s1. The first-order valence-corrected chi connectivity index (χ1v) is 4.82. The van der Waals surface area contributed by atoms with Gasteiger partial charge in [0.15, 0.2) is 11.5 Å². The highest BCUT2D eigenvalue weighted by Gasteiger charge is 2.13. The minimum Gasteiger partial charge on any atom is -0.504 e. The zero-order valence-electron chi connectivity index (χ0n) is 7.70. The molecule has 0 aromatic heterocycles. The van der Waals surface area contributed by atoms with Gasteiger partial charge in [-0.1, -0.05) is 15.9 Å². The molecule has 0 heterocycles. The number of ether oxygens (including phenoxy) is 1. The molecule has 78 valence electrons. The maximum atomic E-state index is 9.41. The highest BCUT2D eigenvalue weighted by atomic mass is 79.9. The molecule has 0 bridgehead atoms. The second kappa shape index (κ2) is 4.63. The van der Waals surface area contributed by atoms with Gasteiger partial charge in [-0.05, 0) is 17.7 Å². The van der Waals surface area contributed by atoms with E-state index in [1.54, 1.807) is 6.07 Å². The van der Waals surface area contributed by atoms with Crippen LogP contribution < -0.4 is 10.5 Å². The van der Waals surface area contributed by atoms with Gasteiger partial charge in [0, 0.05) is 4.47 Å².